The molecule has 1 saturated carbocycles. The minimum atomic E-state index is -0.00825. The lowest BCUT2D eigenvalue weighted by Crippen LogP contribution is -2.17. The van der Waals surface area contributed by atoms with Gasteiger partial charge >= 0.3 is 0 Å². The summed E-state index contributed by atoms with van der Waals surface area (Å²) in [5.74, 6) is 2.22. The first-order chi connectivity index (χ1) is 15.3. The Hall–Kier alpha value is -2.45. The number of hydrogen-bond acceptors (Lipinski definition) is 7. The topological polar surface area (TPSA) is 69.6 Å². The normalized spacial score (nSPS) is 15.9. The molecule has 1 atom stereocenters. The maximum Gasteiger partial charge on any atom is 0.247 e. The Bertz CT molecular complexity index is 1100. The van der Waals surface area contributed by atoms with Gasteiger partial charge in [0.25, 0.3) is 0 Å². The lowest BCUT2D eigenvalue weighted by atomic mass is 9.95. The summed E-state index contributed by atoms with van der Waals surface area (Å²) < 4.78 is 8.37. The minimum absolute atomic E-state index is 0.00825. The van der Waals surface area contributed by atoms with Crippen molar-refractivity contribution in [3.05, 3.63) is 64.4 Å². The zero-order valence-corrected chi connectivity index (χ0v) is 19.1. The number of hydrogen-bond donors (Lipinski definition) is 0. The second kappa shape index (κ2) is 9.36. The van der Waals surface area contributed by atoms with Crippen molar-refractivity contribution in [3.8, 4) is 11.5 Å². The van der Waals surface area contributed by atoms with Gasteiger partial charge in [0.05, 0.1) is 5.25 Å². The van der Waals surface area contributed by atoms with Gasteiger partial charge in [-0.05, 0) is 43.3 Å². The Balaban J connectivity index is 1.39. The van der Waals surface area contributed by atoms with E-state index in [1.807, 2.05) is 30.3 Å². The molecule has 6 nitrogen and oxygen atoms in total. The van der Waals surface area contributed by atoms with E-state index >= 15 is 0 Å². The molecule has 3 heterocycles. The first-order valence-electron chi connectivity index (χ1n) is 10.8. The summed E-state index contributed by atoms with van der Waals surface area (Å²) in [5, 5.41) is 20.8. The predicted molar refractivity (Wildman–Crippen MR) is 123 cm³/mol. The van der Waals surface area contributed by atoms with Crippen LogP contribution in [0.5, 0.6) is 0 Å². The van der Waals surface area contributed by atoms with Crippen LogP contribution in [0.3, 0.4) is 0 Å². The van der Waals surface area contributed by atoms with E-state index in [2.05, 4.69) is 49.4 Å². The first-order valence-corrected chi connectivity index (χ1v) is 12.6. The van der Waals surface area contributed by atoms with E-state index in [4.69, 9.17) is 4.42 Å². The van der Waals surface area contributed by atoms with Crippen LogP contribution in [0.25, 0.3) is 11.5 Å². The van der Waals surface area contributed by atoms with Crippen LogP contribution < -0.4 is 0 Å². The van der Waals surface area contributed by atoms with Crippen LogP contribution in [0, 0.1) is 0 Å². The van der Waals surface area contributed by atoms with Crippen LogP contribution in [-0.4, -0.2) is 25.0 Å². The molecule has 0 amide bonds. The van der Waals surface area contributed by atoms with E-state index in [1.165, 1.54) is 37.0 Å². The summed E-state index contributed by atoms with van der Waals surface area (Å²) in [5.41, 5.74) is 0.932. The lowest BCUT2D eigenvalue weighted by molar-refractivity contribution is 0.330. The monoisotopic (exact) mass is 451 g/mol. The molecule has 1 aromatic carbocycles. The smallest absolute Gasteiger partial charge is 0.247 e. The largest absolute Gasteiger partial charge is 0.419 e. The van der Waals surface area contributed by atoms with Gasteiger partial charge in [-0.3, -0.25) is 0 Å². The fourth-order valence-corrected chi connectivity index (χ4v) is 5.76. The van der Waals surface area contributed by atoms with Crippen molar-refractivity contribution in [3.63, 3.8) is 0 Å². The third-order valence-electron chi connectivity index (χ3n) is 5.68. The molecule has 0 bridgehead atoms. The van der Waals surface area contributed by atoms with Gasteiger partial charge in [0.1, 0.15) is 5.82 Å². The molecular formula is C23H25N5OS2. The van der Waals surface area contributed by atoms with Crippen molar-refractivity contribution in [1.82, 2.24) is 25.0 Å². The van der Waals surface area contributed by atoms with E-state index in [9.17, 15) is 0 Å². The van der Waals surface area contributed by atoms with Gasteiger partial charge in [0.15, 0.2) is 5.16 Å². The molecule has 0 spiro atoms. The highest BCUT2D eigenvalue weighted by Crippen LogP contribution is 2.39. The fraction of sp³-hybridized carbons (Fsp3) is 0.391. The molecule has 1 aliphatic carbocycles. The molecule has 8 heteroatoms. The SMILES string of the molecule is C[C@H](Sc1nnc(Cc2cccs2)n1C1CCCCC1)c1nnc(-c2ccccc2)o1. The molecule has 1 aliphatic rings. The Labute approximate surface area is 190 Å². The molecule has 31 heavy (non-hydrogen) atoms. The highest BCUT2D eigenvalue weighted by molar-refractivity contribution is 7.99. The minimum Gasteiger partial charge on any atom is -0.419 e. The molecule has 4 aromatic rings. The van der Waals surface area contributed by atoms with Gasteiger partial charge in [-0.1, -0.05) is 55.3 Å². The van der Waals surface area contributed by atoms with Crippen molar-refractivity contribution in [2.24, 2.45) is 0 Å². The molecule has 0 aliphatic heterocycles. The second-order valence-corrected chi connectivity index (χ2v) is 10.2. The van der Waals surface area contributed by atoms with E-state index in [0.29, 0.717) is 17.8 Å². The highest BCUT2D eigenvalue weighted by Gasteiger charge is 2.26. The van der Waals surface area contributed by atoms with Crippen molar-refractivity contribution in [2.75, 3.05) is 0 Å². The van der Waals surface area contributed by atoms with Crippen LogP contribution >= 0.6 is 23.1 Å². The molecule has 0 unspecified atom stereocenters. The van der Waals surface area contributed by atoms with Crippen LogP contribution in [0.15, 0.2) is 57.4 Å². The number of rotatable bonds is 7. The molecule has 160 valence electrons. The molecule has 1 fully saturated rings. The van der Waals surface area contributed by atoms with Crippen molar-refractivity contribution in [2.45, 2.75) is 61.9 Å². The quantitative estimate of drug-likeness (QED) is 0.305. The average Bonchev–Trinajstić information content (AvgIpc) is 3.57. The molecule has 0 N–H and O–H groups in total. The summed E-state index contributed by atoms with van der Waals surface area (Å²) in [6, 6.07) is 14.6. The molecule has 0 radical (unpaired) electrons. The zero-order chi connectivity index (χ0) is 21.0. The summed E-state index contributed by atoms with van der Waals surface area (Å²) in [7, 11) is 0. The summed E-state index contributed by atoms with van der Waals surface area (Å²) in [4.78, 5) is 1.32. The van der Waals surface area contributed by atoms with Crippen molar-refractivity contribution in [1.29, 1.82) is 0 Å². The maximum absolute atomic E-state index is 5.98. The average molecular weight is 452 g/mol. The molecular weight excluding hydrogens is 426 g/mol. The van der Waals surface area contributed by atoms with Crippen LogP contribution in [-0.2, 0) is 6.42 Å². The van der Waals surface area contributed by atoms with Crippen LogP contribution in [0.2, 0.25) is 0 Å². The lowest BCUT2D eigenvalue weighted by Gasteiger charge is -2.26. The number of benzene rings is 1. The maximum atomic E-state index is 5.98. The first kappa shape index (κ1) is 20.5. The van der Waals surface area contributed by atoms with Crippen LogP contribution in [0.1, 0.15) is 66.9 Å². The molecule has 3 aromatic heterocycles. The van der Waals surface area contributed by atoms with E-state index in [1.54, 1.807) is 23.1 Å². The Morgan fingerprint density at radius 1 is 1.03 bits per heavy atom. The van der Waals surface area contributed by atoms with Gasteiger partial charge in [-0.15, -0.1) is 31.7 Å². The van der Waals surface area contributed by atoms with E-state index in [-0.39, 0.29) is 5.25 Å². The number of thiophene rings is 1. The Kier molecular flexibility index (Phi) is 6.18. The third kappa shape index (κ3) is 4.60. The van der Waals surface area contributed by atoms with Crippen LogP contribution in [0.4, 0.5) is 0 Å². The molecule has 5 rings (SSSR count). The number of nitrogens with zero attached hydrogens (tertiary/aromatic N) is 5. The molecule has 0 saturated heterocycles. The highest BCUT2D eigenvalue weighted by atomic mass is 32.2. The summed E-state index contributed by atoms with van der Waals surface area (Å²) in [6.07, 6.45) is 7.07. The summed E-state index contributed by atoms with van der Waals surface area (Å²) >= 11 is 3.43. The zero-order valence-electron chi connectivity index (χ0n) is 17.5. The van der Waals surface area contributed by atoms with Gasteiger partial charge in [-0.25, -0.2) is 0 Å². The van der Waals surface area contributed by atoms with E-state index < -0.39 is 0 Å². The number of thioether (sulfide) groups is 1. The van der Waals surface area contributed by atoms with Gasteiger partial charge in [0.2, 0.25) is 11.8 Å². The standard InChI is InChI=1S/C23H25N5OS2/c1-16(21-25-26-22(29-21)17-9-4-2-5-10-17)31-23-27-24-20(15-19-13-8-14-30-19)28(23)18-11-6-3-7-12-18/h2,4-5,8-10,13-14,16,18H,3,6-7,11-12,15H2,1H3/t16-/m0/s1. The summed E-state index contributed by atoms with van der Waals surface area (Å²) in [6.45, 7) is 2.09. The second-order valence-electron chi connectivity index (χ2n) is 7.89. The predicted octanol–water partition coefficient (Wildman–Crippen LogP) is 6.34. The van der Waals surface area contributed by atoms with Crippen molar-refractivity contribution >= 4 is 23.1 Å². The van der Waals surface area contributed by atoms with Gasteiger partial charge in [-0.2, -0.15) is 0 Å². The van der Waals surface area contributed by atoms with Gasteiger partial charge < -0.3 is 8.98 Å². The third-order valence-corrected chi connectivity index (χ3v) is 7.60. The Morgan fingerprint density at radius 2 is 1.87 bits per heavy atom. The van der Waals surface area contributed by atoms with Gasteiger partial charge in [0, 0.05) is 22.9 Å². The fourth-order valence-electron chi connectivity index (χ4n) is 4.09. The van der Waals surface area contributed by atoms with Crippen molar-refractivity contribution < 1.29 is 4.42 Å². The number of aromatic nitrogens is 5. The Morgan fingerprint density at radius 3 is 2.65 bits per heavy atom. The van der Waals surface area contributed by atoms with E-state index in [0.717, 1.165) is 23.0 Å².